The van der Waals surface area contributed by atoms with Crippen LogP contribution in [0.1, 0.15) is 30.3 Å². The summed E-state index contributed by atoms with van der Waals surface area (Å²) in [5.41, 5.74) is 1.11. The maximum absolute atomic E-state index is 10.8. The Balaban J connectivity index is 2.13. The van der Waals surface area contributed by atoms with E-state index in [-0.39, 0.29) is 5.69 Å². The highest BCUT2D eigenvalue weighted by atomic mass is 16.4. The van der Waals surface area contributed by atoms with E-state index >= 15 is 0 Å². The fourth-order valence-corrected chi connectivity index (χ4v) is 2.45. The molecule has 5 heteroatoms. The van der Waals surface area contributed by atoms with E-state index in [1.807, 2.05) is 6.07 Å². The van der Waals surface area contributed by atoms with Crippen molar-refractivity contribution in [3.8, 4) is 0 Å². The molecule has 0 radical (unpaired) electrons. The molecular formula is C13H19N3O2. The van der Waals surface area contributed by atoms with Gasteiger partial charge in [-0.1, -0.05) is 0 Å². The molecule has 0 aromatic carbocycles. The molecule has 1 aromatic heterocycles. The van der Waals surface area contributed by atoms with Gasteiger partial charge in [0, 0.05) is 12.6 Å². The summed E-state index contributed by atoms with van der Waals surface area (Å²) in [5.74, 6) is -0.980. The van der Waals surface area contributed by atoms with E-state index < -0.39 is 5.97 Å². The molecule has 5 nitrogen and oxygen atoms in total. The molecule has 18 heavy (non-hydrogen) atoms. The molecule has 1 aromatic rings. The minimum Gasteiger partial charge on any atom is -0.477 e. The van der Waals surface area contributed by atoms with Gasteiger partial charge in [-0.25, -0.2) is 9.78 Å². The third-order valence-electron chi connectivity index (χ3n) is 3.39. The quantitative estimate of drug-likeness (QED) is 0.843. The number of aromatic carboxylic acids is 1. The first kappa shape index (κ1) is 12.8. The highest BCUT2D eigenvalue weighted by molar-refractivity contribution is 5.85. The number of hydrogen-bond donors (Lipinski definition) is 2. The Morgan fingerprint density at radius 3 is 2.72 bits per heavy atom. The Kier molecular flexibility index (Phi) is 4.15. The lowest BCUT2D eigenvalue weighted by molar-refractivity contribution is 0.0690. The van der Waals surface area contributed by atoms with Gasteiger partial charge in [0.1, 0.15) is 5.69 Å². The maximum atomic E-state index is 10.8. The highest BCUT2D eigenvalue weighted by Gasteiger charge is 2.20. The normalized spacial score (nSPS) is 16.5. The zero-order valence-electron chi connectivity index (χ0n) is 10.6. The van der Waals surface area contributed by atoms with Gasteiger partial charge in [-0.3, -0.25) is 0 Å². The van der Waals surface area contributed by atoms with Gasteiger partial charge in [0.2, 0.25) is 0 Å². The molecule has 0 saturated carbocycles. The van der Waals surface area contributed by atoms with Crippen molar-refractivity contribution in [1.29, 1.82) is 0 Å². The molecule has 0 atom stereocenters. The first-order valence-electron chi connectivity index (χ1n) is 6.39. The van der Waals surface area contributed by atoms with Crippen LogP contribution in [0.3, 0.4) is 0 Å². The first-order valence-corrected chi connectivity index (χ1v) is 6.39. The predicted molar refractivity (Wildman–Crippen MR) is 70.1 cm³/mol. The van der Waals surface area contributed by atoms with Crippen molar-refractivity contribution in [2.75, 3.05) is 24.5 Å². The van der Waals surface area contributed by atoms with Crippen molar-refractivity contribution in [3.63, 3.8) is 0 Å². The van der Waals surface area contributed by atoms with E-state index in [2.05, 4.69) is 22.1 Å². The number of carboxylic acid groups (broad SMARTS) is 1. The Bertz CT molecular complexity index is 399. The molecule has 0 unspecified atom stereocenters. The van der Waals surface area contributed by atoms with Crippen molar-refractivity contribution < 1.29 is 9.90 Å². The monoisotopic (exact) mass is 249 g/mol. The summed E-state index contributed by atoms with van der Waals surface area (Å²) >= 11 is 0. The molecule has 1 aliphatic heterocycles. The van der Waals surface area contributed by atoms with Gasteiger partial charge in [0.05, 0.1) is 11.9 Å². The van der Waals surface area contributed by atoms with E-state index in [9.17, 15) is 4.79 Å². The SMILES string of the molecule is CCN(c1ccc(C(=O)O)nc1)C1CCNCC1. The molecule has 0 bridgehead atoms. The van der Waals surface area contributed by atoms with E-state index in [1.54, 1.807) is 12.3 Å². The van der Waals surface area contributed by atoms with Gasteiger partial charge in [0.25, 0.3) is 0 Å². The summed E-state index contributed by atoms with van der Waals surface area (Å²) in [4.78, 5) is 17.1. The summed E-state index contributed by atoms with van der Waals surface area (Å²) in [6.07, 6.45) is 3.90. The van der Waals surface area contributed by atoms with Gasteiger partial charge in [-0.2, -0.15) is 0 Å². The summed E-state index contributed by atoms with van der Waals surface area (Å²) in [6, 6.07) is 3.94. The zero-order valence-corrected chi connectivity index (χ0v) is 10.6. The Morgan fingerprint density at radius 1 is 1.50 bits per heavy atom. The molecule has 1 fully saturated rings. The van der Waals surface area contributed by atoms with Crippen LogP contribution in [0.2, 0.25) is 0 Å². The molecule has 0 amide bonds. The first-order chi connectivity index (χ1) is 8.72. The van der Waals surface area contributed by atoms with Gasteiger partial charge in [0.15, 0.2) is 0 Å². The van der Waals surface area contributed by atoms with Crippen LogP contribution < -0.4 is 10.2 Å². The number of carbonyl (C=O) groups is 1. The van der Waals surface area contributed by atoms with E-state index in [0.717, 1.165) is 38.2 Å². The second kappa shape index (κ2) is 5.82. The number of pyridine rings is 1. The van der Waals surface area contributed by atoms with Crippen LogP contribution in [0.25, 0.3) is 0 Å². The zero-order chi connectivity index (χ0) is 13.0. The topological polar surface area (TPSA) is 65.5 Å². The van der Waals surface area contributed by atoms with Crippen molar-refractivity contribution in [2.24, 2.45) is 0 Å². The lowest BCUT2D eigenvalue weighted by Crippen LogP contribution is -2.43. The average Bonchev–Trinajstić information content (AvgIpc) is 2.41. The number of hydrogen-bond acceptors (Lipinski definition) is 4. The molecule has 0 aliphatic carbocycles. The number of nitrogens with zero attached hydrogens (tertiary/aromatic N) is 2. The van der Waals surface area contributed by atoms with Crippen molar-refractivity contribution in [3.05, 3.63) is 24.0 Å². The molecule has 98 valence electrons. The van der Waals surface area contributed by atoms with Crippen LogP contribution in [-0.4, -0.2) is 41.7 Å². The Hall–Kier alpha value is -1.62. The van der Waals surface area contributed by atoms with Gasteiger partial charge < -0.3 is 15.3 Å². The van der Waals surface area contributed by atoms with Crippen LogP contribution >= 0.6 is 0 Å². The number of piperidine rings is 1. The second-order valence-electron chi connectivity index (χ2n) is 4.47. The van der Waals surface area contributed by atoms with Crippen molar-refractivity contribution >= 4 is 11.7 Å². The third kappa shape index (κ3) is 2.79. The Morgan fingerprint density at radius 2 is 2.22 bits per heavy atom. The van der Waals surface area contributed by atoms with Gasteiger partial charge >= 0.3 is 5.97 Å². The number of rotatable bonds is 4. The van der Waals surface area contributed by atoms with Crippen LogP contribution in [0.5, 0.6) is 0 Å². The lowest BCUT2D eigenvalue weighted by Gasteiger charge is -2.35. The van der Waals surface area contributed by atoms with E-state index in [4.69, 9.17) is 5.11 Å². The average molecular weight is 249 g/mol. The number of aromatic nitrogens is 1. The highest BCUT2D eigenvalue weighted by Crippen LogP contribution is 2.20. The number of nitrogens with one attached hydrogen (secondary N) is 1. The molecule has 2 heterocycles. The fraction of sp³-hybridized carbons (Fsp3) is 0.538. The summed E-state index contributed by atoms with van der Waals surface area (Å²) < 4.78 is 0. The third-order valence-corrected chi connectivity index (χ3v) is 3.39. The van der Waals surface area contributed by atoms with Crippen molar-refractivity contribution in [1.82, 2.24) is 10.3 Å². The van der Waals surface area contributed by atoms with Gasteiger partial charge in [-0.05, 0) is 45.0 Å². The van der Waals surface area contributed by atoms with Crippen LogP contribution in [0.15, 0.2) is 18.3 Å². The maximum Gasteiger partial charge on any atom is 0.354 e. The van der Waals surface area contributed by atoms with Crippen molar-refractivity contribution in [2.45, 2.75) is 25.8 Å². The van der Waals surface area contributed by atoms with Crippen LogP contribution in [-0.2, 0) is 0 Å². The van der Waals surface area contributed by atoms with Crippen LogP contribution in [0.4, 0.5) is 5.69 Å². The largest absolute Gasteiger partial charge is 0.477 e. The molecule has 0 spiro atoms. The van der Waals surface area contributed by atoms with E-state index in [0.29, 0.717) is 6.04 Å². The Labute approximate surface area is 107 Å². The minimum absolute atomic E-state index is 0.0973. The standard InChI is InChI=1S/C13H19N3O2/c1-2-16(10-5-7-14-8-6-10)11-3-4-12(13(17)18)15-9-11/h3-4,9-10,14H,2,5-8H2,1H3,(H,17,18). The molecule has 2 rings (SSSR count). The molecule has 2 N–H and O–H groups in total. The number of carboxylic acids is 1. The second-order valence-corrected chi connectivity index (χ2v) is 4.47. The van der Waals surface area contributed by atoms with E-state index in [1.165, 1.54) is 0 Å². The smallest absolute Gasteiger partial charge is 0.354 e. The summed E-state index contributed by atoms with van der Waals surface area (Å²) in [7, 11) is 0. The molecule has 1 saturated heterocycles. The predicted octanol–water partition coefficient (Wildman–Crippen LogP) is 1.36. The summed E-state index contributed by atoms with van der Waals surface area (Å²) in [6.45, 7) is 5.12. The van der Waals surface area contributed by atoms with Gasteiger partial charge in [-0.15, -0.1) is 0 Å². The minimum atomic E-state index is -0.980. The molecular weight excluding hydrogens is 230 g/mol. The molecule has 1 aliphatic rings. The van der Waals surface area contributed by atoms with Crippen LogP contribution in [0, 0.1) is 0 Å². The fourth-order valence-electron chi connectivity index (χ4n) is 2.45. The summed E-state index contributed by atoms with van der Waals surface area (Å²) in [5, 5.41) is 12.2. The number of anilines is 1. The lowest BCUT2D eigenvalue weighted by atomic mass is 10.0.